The molecule has 3 rings (SSSR count). The zero-order valence-electron chi connectivity index (χ0n) is 17.0. The Balaban J connectivity index is 1.62. The van der Waals surface area contributed by atoms with Crippen LogP contribution >= 0.6 is 11.6 Å². The molecule has 156 valence electrons. The van der Waals surface area contributed by atoms with Crippen LogP contribution in [-0.2, 0) is 11.3 Å². The van der Waals surface area contributed by atoms with Crippen LogP contribution in [0.15, 0.2) is 53.5 Å². The quantitative estimate of drug-likeness (QED) is 0.536. The highest BCUT2D eigenvalue weighted by Gasteiger charge is 2.22. The van der Waals surface area contributed by atoms with E-state index < -0.39 is 0 Å². The van der Waals surface area contributed by atoms with E-state index in [9.17, 15) is 0 Å². The normalized spacial score (nSPS) is 16.3. The Morgan fingerprint density at radius 1 is 1.17 bits per heavy atom. The van der Waals surface area contributed by atoms with Gasteiger partial charge in [0.1, 0.15) is 5.75 Å². The number of nitrogens with one attached hydrogen (secondary N) is 2. The van der Waals surface area contributed by atoms with E-state index in [1.807, 2.05) is 30.3 Å². The maximum absolute atomic E-state index is 6.09. The van der Waals surface area contributed by atoms with Crippen molar-refractivity contribution in [1.82, 2.24) is 15.5 Å². The minimum atomic E-state index is 0.214. The molecule has 2 aromatic carbocycles. The van der Waals surface area contributed by atoms with Gasteiger partial charge in [-0.05, 0) is 35.4 Å². The summed E-state index contributed by atoms with van der Waals surface area (Å²) in [7, 11) is 3.46. The first-order valence-corrected chi connectivity index (χ1v) is 10.2. The molecule has 1 unspecified atom stereocenters. The molecule has 0 radical (unpaired) electrons. The van der Waals surface area contributed by atoms with Crippen molar-refractivity contribution in [3.63, 3.8) is 0 Å². The third-order valence-electron chi connectivity index (χ3n) is 5.02. The van der Waals surface area contributed by atoms with Crippen molar-refractivity contribution in [2.75, 3.05) is 47.0 Å². The number of aliphatic imine (C=N–C) groups is 1. The Morgan fingerprint density at radius 3 is 2.62 bits per heavy atom. The number of hydrogen-bond acceptors (Lipinski definition) is 4. The SMILES string of the molecule is CN=C(NCc1cccc(OC)c1)NCC(c1ccc(Cl)cc1)N1CCOCC1. The van der Waals surface area contributed by atoms with Crippen LogP contribution in [-0.4, -0.2) is 57.9 Å². The van der Waals surface area contributed by atoms with Crippen molar-refractivity contribution in [2.45, 2.75) is 12.6 Å². The van der Waals surface area contributed by atoms with Gasteiger partial charge in [-0.2, -0.15) is 0 Å². The molecule has 0 saturated carbocycles. The number of halogens is 1. The second kappa shape index (κ2) is 11.0. The van der Waals surface area contributed by atoms with Crippen molar-refractivity contribution in [2.24, 2.45) is 4.99 Å². The Hall–Kier alpha value is -2.28. The van der Waals surface area contributed by atoms with Gasteiger partial charge in [0, 0.05) is 38.2 Å². The predicted octanol–water partition coefficient (Wildman–Crippen LogP) is 3.09. The largest absolute Gasteiger partial charge is 0.497 e. The summed E-state index contributed by atoms with van der Waals surface area (Å²) >= 11 is 6.09. The van der Waals surface area contributed by atoms with E-state index in [0.717, 1.165) is 55.1 Å². The Labute approximate surface area is 177 Å². The second-order valence-corrected chi connectivity index (χ2v) is 7.31. The molecule has 0 aliphatic carbocycles. The minimum absolute atomic E-state index is 0.214. The summed E-state index contributed by atoms with van der Waals surface area (Å²) in [5.41, 5.74) is 2.36. The van der Waals surface area contributed by atoms with Crippen LogP contribution in [0.2, 0.25) is 5.02 Å². The van der Waals surface area contributed by atoms with Gasteiger partial charge in [0.05, 0.1) is 26.4 Å². The number of ether oxygens (including phenoxy) is 2. The fourth-order valence-electron chi connectivity index (χ4n) is 3.41. The van der Waals surface area contributed by atoms with Gasteiger partial charge in [-0.1, -0.05) is 35.9 Å². The van der Waals surface area contributed by atoms with E-state index >= 15 is 0 Å². The van der Waals surface area contributed by atoms with E-state index in [2.05, 4.69) is 38.7 Å². The molecule has 6 nitrogen and oxygen atoms in total. The lowest BCUT2D eigenvalue weighted by molar-refractivity contribution is 0.0170. The summed E-state index contributed by atoms with van der Waals surface area (Å²) in [6, 6.07) is 16.3. The summed E-state index contributed by atoms with van der Waals surface area (Å²) in [4.78, 5) is 6.81. The van der Waals surface area contributed by atoms with Crippen molar-refractivity contribution in [1.29, 1.82) is 0 Å². The first kappa shape index (κ1) is 21.4. The highest BCUT2D eigenvalue weighted by atomic mass is 35.5. The molecule has 1 atom stereocenters. The standard InChI is InChI=1S/C22H29ClN4O2/c1-24-22(25-15-17-4-3-5-20(14-17)28-2)26-16-21(27-10-12-29-13-11-27)18-6-8-19(23)9-7-18/h3-9,14,21H,10-13,15-16H2,1-2H3,(H2,24,25,26). The molecule has 1 aliphatic rings. The molecule has 29 heavy (non-hydrogen) atoms. The zero-order valence-corrected chi connectivity index (χ0v) is 17.8. The first-order chi connectivity index (χ1) is 14.2. The lowest BCUT2D eigenvalue weighted by Gasteiger charge is -2.35. The molecule has 1 fully saturated rings. The molecular formula is C22H29ClN4O2. The van der Waals surface area contributed by atoms with E-state index in [0.29, 0.717) is 6.54 Å². The third-order valence-corrected chi connectivity index (χ3v) is 5.27. The van der Waals surface area contributed by atoms with Crippen LogP contribution in [0, 0.1) is 0 Å². The van der Waals surface area contributed by atoms with Gasteiger partial charge in [0.2, 0.25) is 0 Å². The van der Waals surface area contributed by atoms with Crippen LogP contribution in [0.25, 0.3) is 0 Å². The van der Waals surface area contributed by atoms with Crippen molar-refractivity contribution < 1.29 is 9.47 Å². The molecule has 1 saturated heterocycles. The predicted molar refractivity (Wildman–Crippen MR) is 118 cm³/mol. The molecular weight excluding hydrogens is 388 g/mol. The lowest BCUT2D eigenvalue weighted by Crippen LogP contribution is -2.46. The van der Waals surface area contributed by atoms with E-state index in [4.69, 9.17) is 21.1 Å². The number of methoxy groups -OCH3 is 1. The molecule has 0 amide bonds. The maximum Gasteiger partial charge on any atom is 0.191 e. The molecule has 1 heterocycles. The highest BCUT2D eigenvalue weighted by Crippen LogP contribution is 2.23. The Kier molecular flexibility index (Phi) is 8.16. The molecule has 0 spiro atoms. The smallest absolute Gasteiger partial charge is 0.191 e. The zero-order chi connectivity index (χ0) is 20.5. The van der Waals surface area contributed by atoms with E-state index in [1.54, 1.807) is 14.2 Å². The van der Waals surface area contributed by atoms with Gasteiger partial charge in [-0.15, -0.1) is 0 Å². The highest BCUT2D eigenvalue weighted by molar-refractivity contribution is 6.30. The summed E-state index contributed by atoms with van der Waals surface area (Å²) in [5.74, 6) is 1.61. The maximum atomic E-state index is 6.09. The van der Waals surface area contributed by atoms with Crippen LogP contribution < -0.4 is 15.4 Å². The number of morpholine rings is 1. The number of nitrogens with zero attached hydrogens (tertiary/aromatic N) is 2. The average molecular weight is 417 g/mol. The fourth-order valence-corrected chi connectivity index (χ4v) is 3.54. The molecule has 0 aromatic heterocycles. The summed E-state index contributed by atoms with van der Waals surface area (Å²) < 4.78 is 10.8. The van der Waals surface area contributed by atoms with Gasteiger partial charge in [0.15, 0.2) is 5.96 Å². The van der Waals surface area contributed by atoms with Gasteiger partial charge in [0.25, 0.3) is 0 Å². The topological polar surface area (TPSA) is 58.1 Å². The average Bonchev–Trinajstić information content (AvgIpc) is 2.78. The van der Waals surface area contributed by atoms with Crippen LogP contribution in [0.5, 0.6) is 5.75 Å². The molecule has 2 N–H and O–H groups in total. The number of guanidine groups is 1. The van der Waals surface area contributed by atoms with Crippen LogP contribution in [0.4, 0.5) is 0 Å². The van der Waals surface area contributed by atoms with Gasteiger partial charge >= 0.3 is 0 Å². The molecule has 0 bridgehead atoms. The first-order valence-electron chi connectivity index (χ1n) is 9.84. The summed E-state index contributed by atoms with van der Waals surface area (Å²) in [5, 5.41) is 7.59. The number of hydrogen-bond donors (Lipinski definition) is 2. The Morgan fingerprint density at radius 2 is 1.93 bits per heavy atom. The van der Waals surface area contributed by atoms with Crippen molar-refractivity contribution in [3.05, 3.63) is 64.7 Å². The van der Waals surface area contributed by atoms with E-state index in [-0.39, 0.29) is 6.04 Å². The third kappa shape index (κ3) is 6.35. The summed E-state index contributed by atoms with van der Waals surface area (Å²) in [6.07, 6.45) is 0. The molecule has 7 heteroatoms. The Bertz CT molecular complexity index is 792. The lowest BCUT2D eigenvalue weighted by atomic mass is 10.0. The molecule has 2 aromatic rings. The minimum Gasteiger partial charge on any atom is -0.497 e. The van der Waals surface area contributed by atoms with Gasteiger partial charge in [-0.3, -0.25) is 9.89 Å². The van der Waals surface area contributed by atoms with Gasteiger partial charge < -0.3 is 20.1 Å². The number of rotatable bonds is 7. The molecule has 1 aliphatic heterocycles. The van der Waals surface area contributed by atoms with E-state index in [1.165, 1.54) is 5.56 Å². The van der Waals surface area contributed by atoms with Crippen LogP contribution in [0.3, 0.4) is 0 Å². The summed E-state index contributed by atoms with van der Waals surface area (Å²) in [6.45, 7) is 4.73. The monoisotopic (exact) mass is 416 g/mol. The van der Waals surface area contributed by atoms with Crippen LogP contribution in [0.1, 0.15) is 17.2 Å². The van der Waals surface area contributed by atoms with Crippen molar-refractivity contribution in [3.8, 4) is 5.75 Å². The van der Waals surface area contributed by atoms with Gasteiger partial charge in [-0.25, -0.2) is 0 Å². The van der Waals surface area contributed by atoms with Crippen molar-refractivity contribution >= 4 is 17.6 Å². The number of benzene rings is 2. The fraction of sp³-hybridized carbons (Fsp3) is 0.409. The second-order valence-electron chi connectivity index (χ2n) is 6.87.